The van der Waals surface area contributed by atoms with Gasteiger partial charge in [-0.25, -0.2) is 13.1 Å². The van der Waals surface area contributed by atoms with E-state index in [0.29, 0.717) is 13.1 Å². The number of benzene rings is 1. The summed E-state index contributed by atoms with van der Waals surface area (Å²) in [5, 5.41) is 0. The van der Waals surface area contributed by atoms with E-state index in [2.05, 4.69) is 23.5 Å². The number of sulfonamides is 1. The second kappa shape index (κ2) is 8.36. The van der Waals surface area contributed by atoms with E-state index in [-0.39, 0.29) is 5.75 Å². The summed E-state index contributed by atoms with van der Waals surface area (Å²) in [5.74, 6) is -0.0153. The zero-order chi connectivity index (χ0) is 15.0. The van der Waals surface area contributed by atoms with Crippen LogP contribution in [-0.2, 0) is 22.3 Å². The first kappa shape index (κ1) is 17.1. The van der Waals surface area contributed by atoms with Gasteiger partial charge >= 0.3 is 0 Å². The third kappa shape index (κ3) is 5.58. The monoisotopic (exact) mass is 299 g/mol. The number of likely N-dealkylation sites (N-methyl/N-ethyl adjacent to an activating group) is 1. The highest BCUT2D eigenvalue weighted by molar-refractivity contribution is 7.88. The van der Waals surface area contributed by atoms with Crippen LogP contribution in [0.15, 0.2) is 24.3 Å². The fourth-order valence-electron chi connectivity index (χ4n) is 2.05. The van der Waals surface area contributed by atoms with Crippen LogP contribution in [0.5, 0.6) is 0 Å². The maximum absolute atomic E-state index is 12.1. The molecule has 0 unspecified atom stereocenters. The first-order chi connectivity index (χ1) is 9.52. The molecule has 1 aromatic rings. The molecule has 0 radical (unpaired) electrons. The van der Waals surface area contributed by atoms with E-state index in [1.54, 1.807) is 0 Å². The van der Waals surface area contributed by atoms with Crippen LogP contribution in [0, 0.1) is 0 Å². The minimum atomic E-state index is -3.31. The molecular weight excluding hydrogens is 274 g/mol. The predicted octanol–water partition coefficient (Wildman–Crippen LogP) is 0.907. The summed E-state index contributed by atoms with van der Waals surface area (Å²) >= 11 is 0. The van der Waals surface area contributed by atoms with Crippen molar-refractivity contribution >= 4 is 10.0 Å². The van der Waals surface area contributed by atoms with Gasteiger partial charge in [0.25, 0.3) is 0 Å². The molecular formula is C14H25N3O2S. The Labute approximate surface area is 122 Å². The standard InChI is InChI=1S/C14H25N3O2S/c1-3-17(4-2)10-9-16-20(18,19)12-14-8-6-5-7-13(14)11-15/h5-8,16H,3-4,9-12,15H2,1-2H3. The van der Waals surface area contributed by atoms with Crippen molar-refractivity contribution in [1.29, 1.82) is 0 Å². The summed E-state index contributed by atoms with van der Waals surface area (Å²) in [7, 11) is -3.31. The van der Waals surface area contributed by atoms with Crippen LogP contribution in [0.2, 0.25) is 0 Å². The van der Waals surface area contributed by atoms with Crippen molar-refractivity contribution in [2.75, 3.05) is 26.2 Å². The predicted molar refractivity (Wildman–Crippen MR) is 82.7 cm³/mol. The van der Waals surface area contributed by atoms with E-state index in [1.165, 1.54) is 0 Å². The average molecular weight is 299 g/mol. The van der Waals surface area contributed by atoms with Gasteiger partial charge in [-0.15, -0.1) is 0 Å². The molecule has 114 valence electrons. The third-order valence-corrected chi connectivity index (χ3v) is 4.66. The Morgan fingerprint density at radius 2 is 1.75 bits per heavy atom. The Bertz CT molecular complexity index is 499. The van der Waals surface area contributed by atoms with Crippen molar-refractivity contribution in [1.82, 2.24) is 9.62 Å². The summed E-state index contributed by atoms with van der Waals surface area (Å²) in [4.78, 5) is 2.18. The Hall–Kier alpha value is -0.950. The molecule has 20 heavy (non-hydrogen) atoms. The lowest BCUT2D eigenvalue weighted by atomic mass is 10.1. The minimum absolute atomic E-state index is 0.0153. The molecule has 0 aliphatic heterocycles. The maximum Gasteiger partial charge on any atom is 0.215 e. The molecule has 0 spiro atoms. The molecule has 1 rings (SSSR count). The summed E-state index contributed by atoms with van der Waals surface area (Å²) < 4.78 is 26.8. The van der Waals surface area contributed by atoms with Gasteiger partial charge in [-0.2, -0.15) is 0 Å². The number of rotatable bonds is 9. The van der Waals surface area contributed by atoms with Crippen LogP contribution >= 0.6 is 0 Å². The van der Waals surface area contributed by atoms with Crippen molar-refractivity contribution in [3.8, 4) is 0 Å². The molecule has 6 heteroatoms. The lowest BCUT2D eigenvalue weighted by Crippen LogP contribution is -2.35. The van der Waals surface area contributed by atoms with E-state index in [4.69, 9.17) is 5.73 Å². The molecule has 1 aromatic carbocycles. The van der Waals surface area contributed by atoms with Crippen LogP contribution in [0.1, 0.15) is 25.0 Å². The highest BCUT2D eigenvalue weighted by atomic mass is 32.2. The molecule has 5 nitrogen and oxygen atoms in total. The number of hydrogen-bond donors (Lipinski definition) is 2. The zero-order valence-electron chi connectivity index (χ0n) is 12.3. The smallest absolute Gasteiger partial charge is 0.215 e. The molecule has 0 aliphatic carbocycles. The van der Waals surface area contributed by atoms with Gasteiger partial charge in [-0.05, 0) is 24.2 Å². The lowest BCUT2D eigenvalue weighted by molar-refractivity contribution is 0.309. The summed E-state index contributed by atoms with van der Waals surface area (Å²) in [6.45, 7) is 7.50. The van der Waals surface area contributed by atoms with Crippen LogP contribution in [0.4, 0.5) is 0 Å². The fraction of sp³-hybridized carbons (Fsp3) is 0.571. The van der Waals surface area contributed by atoms with Gasteiger partial charge in [-0.3, -0.25) is 0 Å². The second-order valence-corrected chi connectivity index (χ2v) is 6.46. The van der Waals surface area contributed by atoms with Crippen molar-refractivity contribution in [2.45, 2.75) is 26.1 Å². The van der Waals surface area contributed by atoms with E-state index >= 15 is 0 Å². The quantitative estimate of drug-likeness (QED) is 0.710. The van der Waals surface area contributed by atoms with Gasteiger partial charge < -0.3 is 10.6 Å². The van der Waals surface area contributed by atoms with E-state index in [9.17, 15) is 8.42 Å². The average Bonchev–Trinajstić information content (AvgIpc) is 2.44. The SMILES string of the molecule is CCN(CC)CCNS(=O)(=O)Cc1ccccc1CN. The molecule has 0 atom stereocenters. The molecule has 0 amide bonds. The Balaban J connectivity index is 2.57. The molecule has 0 aromatic heterocycles. The van der Waals surface area contributed by atoms with Crippen molar-refractivity contribution < 1.29 is 8.42 Å². The minimum Gasteiger partial charge on any atom is -0.326 e. The van der Waals surface area contributed by atoms with Gasteiger partial charge in [0.05, 0.1) is 5.75 Å². The van der Waals surface area contributed by atoms with Crippen molar-refractivity contribution in [3.05, 3.63) is 35.4 Å². The zero-order valence-corrected chi connectivity index (χ0v) is 13.1. The van der Waals surface area contributed by atoms with Gasteiger partial charge in [0.2, 0.25) is 10.0 Å². The van der Waals surface area contributed by atoms with Crippen molar-refractivity contribution in [2.24, 2.45) is 5.73 Å². The Morgan fingerprint density at radius 1 is 1.15 bits per heavy atom. The number of nitrogens with zero attached hydrogens (tertiary/aromatic N) is 1. The van der Waals surface area contributed by atoms with E-state index in [0.717, 1.165) is 30.8 Å². The second-order valence-electron chi connectivity index (χ2n) is 4.65. The molecule has 0 aliphatic rings. The van der Waals surface area contributed by atoms with E-state index in [1.807, 2.05) is 24.3 Å². The van der Waals surface area contributed by atoms with E-state index < -0.39 is 10.0 Å². The molecule has 0 heterocycles. The van der Waals surface area contributed by atoms with Crippen molar-refractivity contribution in [3.63, 3.8) is 0 Å². The molecule has 3 N–H and O–H groups in total. The molecule has 0 saturated carbocycles. The summed E-state index contributed by atoms with van der Waals surface area (Å²) in [5.41, 5.74) is 7.27. The Morgan fingerprint density at radius 3 is 2.30 bits per heavy atom. The Kier molecular flexibility index (Phi) is 7.15. The number of hydrogen-bond acceptors (Lipinski definition) is 4. The first-order valence-electron chi connectivity index (χ1n) is 6.99. The first-order valence-corrected chi connectivity index (χ1v) is 8.64. The van der Waals surface area contributed by atoms with Gasteiger partial charge in [0.1, 0.15) is 0 Å². The highest BCUT2D eigenvalue weighted by Gasteiger charge is 2.13. The summed E-state index contributed by atoms with van der Waals surface area (Å²) in [6, 6.07) is 7.37. The molecule has 0 bridgehead atoms. The van der Waals surface area contributed by atoms with Gasteiger partial charge in [0, 0.05) is 19.6 Å². The molecule has 0 fully saturated rings. The normalized spacial score (nSPS) is 12.0. The summed E-state index contributed by atoms with van der Waals surface area (Å²) in [6.07, 6.45) is 0. The third-order valence-electron chi connectivity index (χ3n) is 3.33. The number of nitrogens with two attached hydrogens (primary N) is 1. The largest absolute Gasteiger partial charge is 0.326 e. The topological polar surface area (TPSA) is 75.4 Å². The molecule has 0 saturated heterocycles. The number of nitrogens with one attached hydrogen (secondary N) is 1. The highest BCUT2D eigenvalue weighted by Crippen LogP contribution is 2.11. The van der Waals surface area contributed by atoms with Crippen LogP contribution in [0.25, 0.3) is 0 Å². The van der Waals surface area contributed by atoms with Crippen LogP contribution in [-0.4, -0.2) is 39.5 Å². The lowest BCUT2D eigenvalue weighted by Gasteiger charge is -2.18. The van der Waals surface area contributed by atoms with Crippen LogP contribution < -0.4 is 10.5 Å². The van der Waals surface area contributed by atoms with Crippen LogP contribution in [0.3, 0.4) is 0 Å². The fourth-order valence-corrected chi connectivity index (χ4v) is 3.25. The van der Waals surface area contributed by atoms with Gasteiger partial charge in [-0.1, -0.05) is 38.1 Å². The van der Waals surface area contributed by atoms with Gasteiger partial charge in [0.15, 0.2) is 0 Å². The maximum atomic E-state index is 12.1.